The summed E-state index contributed by atoms with van der Waals surface area (Å²) in [7, 11) is 0. The zero-order chi connectivity index (χ0) is 37.3. The van der Waals surface area contributed by atoms with Crippen molar-refractivity contribution in [1.82, 2.24) is 0 Å². The SMILES string of the molecule is CCC/C=C\CCCCCCCC(=O)OC(COC(=O)CCCCCCC)COC(=O)CCCCCCCCCCCCCCCCCCCC. The molecule has 0 fully saturated rings. The van der Waals surface area contributed by atoms with E-state index in [2.05, 4.69) is 32.9 Å². The molecule has 0 heterocycles. The molecule has 0 amide bonds. The van der Waals surface area contributed by atoms with Crippen molar-refractivity contribution in [3.63, 3.8) is 0 Å². The smallest absolute Gasteiger partial charge is 0.306 e. The van der Waals surface area contributed by atoms with Crippen LogP contribution < -0.4 is 0 Å². The summed E-state index contributed by atoms with van der Waals surface area (Å²) in [4.78, 5) is 37.4. The second kappa shape index (κ2) is 40.9. The second-order valence-corrected chi connectivity index (χ2v) is 15.0. The van der Waals surface area contributed by atoms with Gasteiger partial charge < -0.3 is 14.2 Å². The maximum absolute atomic E-state index is 12.6. The molecule has 1 unspecified atom stereocenters. The minimum Gasteiger partial charge on any atom is -0.462 e. The van der Waals surface area contributed by atoms with E-state index in [4.69, 9.17) is 14.2 Å². The molecule has 0 saturated carbocycles. The van der Waals surface area contributed by atoms with Gasteiger partial charge in [-0.3, -0.25) is 14.4 Å². The van der Waals surface area contributed by atoms with Gasteiger partial charge in [-0.25, -0.2) is 0 Å². The zero-order valence-electron chi connectivity index (χ0n) is 34.1. The largest absolute Gasteiger partial charge is 0.462 e. The van der Waals surface area contributed by atoms with Crippen LogP contribution in [0.3, 0.4) is 0 Å². The van der Waals surface area contributed by atoms with Crippen LogP contribution >= 0.6 is 0 Å². The summed E-state index contributed by atoms with van der Waals surface area (Å²) in [6, 6.07) is 0. The number of carbonyl (C=O) groups is 3. The van der Waals surface area contributed by atoms with Crippen LogP contribution in [0.2, 0.25) is 0 Å². The van der Waals surface area contributed by atoms with Crippen molar-refractivity contribution in [3.05, 3.63) is 12.2 Å². The highest BCUT2D eigenvalue weighted by atomic mass is 16.6. The summed E-state index contributed by atoms with van der Waals surface area (Å²) in [5.74, 6) is -0.890. The molecule has 0 aliphatic rings. The Morgan fingerprint density at radius 2 is 0.686 bits per heavy atom. The van der Waals surface area contributed by atoms with E-state index in [1.807, 2.05) is 0 Å². The summed E-state index contributed by atoms with van der Waals surface area (Å²) in [5.41, 5.74) is 0. The Labute approximate surface area is 316 Å². The van der Waals surface area contributed by atoms with Crippen LogP contribution in [0.4, 0.5) is 0 Å². The maximum atomic E-state index is 12.6. The average molecular weight is 721 g/mol. The molecule has 0 bridgehead atoms. The van der Waals surface area contributed by atoms with Crippen molar-refractivity contribution in [2.45, 2.75) is 245 Å². The molecule has 0 aliphatic carbocycles. The normalized spacial score (nSPS) is 12.0. The summed E-state index contributed by atoms with van der Waals surface area (Å²) in [5, 5.41) is 0. The molecule has 300 valence electrons. The lowest BCUT2D eigenvalue weighted by molar-refractivity contribution is -0.167. The highest BCUT2D eigenvalue weighted by Crippen LogP contribution is 2.15. The number of unbranched alkanes of at least 4 members (excludes halogenated alkanes) is 27. The van der Waals surface area contributed by atoms with Gasteiger partial charge in [0, 0.05) is 19.3 Å². The summed E-state index contributed by atoms with van der Waals surface area (Å²) >= 11 is 0. The Bertz CT molecular complexity index is 794. The number of carbonyl (C=O) groups excluding carboxylic acids is 3. The third kappa shape index (κ3) is 39.2. The molecule has 0 radical (unpaired) electrons. The highest BCUT2D eigenvalue weighted by molar-refractivity contribution is 5.71. The van der Waals surface area contributed by atoms with Gasteiger partial charge in [0.1, 0.15) is 13.2 Å². The molecule has 0 aliphatic heterocycles. The molecule has 0 spiro atoms. The van der Waals surface area contributed by atoms with Gasteiger partial charge in [-0.05, 0) is 38.5 Å². The Kier molecular flexibility index (Phi) is 39.4. The Morgan fingerprint density at radius 3 is 1.06 bits per heavy atom. The van der Waals surface area contributed by atoms with Crippen LogP contribution in [-0.4, -0.2) is 37.2 Å². The monoisotopic (exact) mass is 721 g/mol. The van der Waals surface area contributed by atoms with Crippen molar-refractivity contribution in [3.8, 4) is 0 Å². The van der Waals surface area contributed by atoms with Crippen LogP contribution in [0.15, 0.2) is 12.2 Å². The lowest BCUT2D eigenvalue weighted by Gasteiger charge is -2.18. The number of hydrogen-bond donors (Lipinski definition) is 0. The van der Waals surface area contributed by atoms with Crippen LogP contribution in [0.25, 0.3) is 0 Å². The summed E-state index contributed by atoms with van der Waals surface area (Å²) in [6.45, 7) is 6.49. The number of hydrogen-bond acceptors (Lipinski definition) is 6. The fourth-order valence-corrected chi connectivity index (χ4v) is 6.39. The zero-order valence-corrected chi connectivity index (χ0v) is 34.1. The second-order valence-electron chi connectivity index (χ2n) is 15.0. The maximum Gasteiger partial charge on any atom is 0.306 e. The van der Waals surface area contributed by atoms with Gasteiger partial charge in [0.15, 0.2) is 6.10 Å². The molecular formula is C45H84O6. The van der Waals surface area contributed by atoms with Gasteiger partial charge in [-0.15, -0.1) is 0 Å². The number of allylic oxidation sites excluding steroid dienone is 2. The first-order chi connectivity index (χ1) is 25.0. The molecule has 0 aromatic rings. The minimum absolute atomic E-state index is 0.0705. The van der Waals surface area contributed by atoms with Crippen LogP contribution in [0.5, 0.6) is 0 Å². The topological polar surface area (TPSA) is 78.9 Å². The first-order valence-corrected chi connectivity index (χ1v) is 22.2. The molecule has 0 rings (SSSR count). The molecule has 0 saturated heterocycles. The van der Waals surface area contributed by atoms with Gasteiger partial charge in [0.25, 0.3) is 0 Å². The van der Waals surface area contributed by atoms with Crippen LogP contribution in [-0.2, 0) is 28.6 Å². The number of ether oxygens (including phenoxy) is 3. The minimum atomic E-state index is -0.763. The Hall–Kier alpha value is -1.85. The fourth-order valence-electron chi connectivity index (χ4n) is 6.39. The molecule has 1 atom stereocenters. The molecular weight excluding hydrogens is 636 g/mol. The lowest BCUT2D eigenvalue weighted by atomic mass is 10.0. The molecule has 6 nitrogen and oxygen atoms in total. The van der Waals surface area contributed by atoms with Crippen molar-refractivity contribution in [2.75, 3.05) is 13.2 Å². The Morgan fingerprint density at radius 1 is 0.373 bits per heavy atom. The third-order valence-corrected chi connectivity index (χ3v) is 9.75. The van der Waals surface area contributed by atoms with Crippen molar-refractivity contribution in [1.29, 1.82) is 0 Å². The van der Waals surface area contributed by atoms with Crippen molar-refractivity contribution < 1.29 is 28.6 Å². The van der Waals surface area contributed by atoms with E-state index in [0.29, 0.717) is 19.3 Å². The van der Waals surface area contributed by atoms with Gasteiger partial charge in [0.2, 0.25) is 0 Å². The van der Waals surface area contributed by atoms with E-state index in [1.54, 1.807) is 0 Å². The number of rotatable bonds is 40. The van der Waals surface area contributed by atoms with Gasteiger partial charge in [0.05, 0.1) is 0 Å². The lowest BCUT2D eigenvalue weighted by Crippen LogP contribution is -2.30. The number of esters is 3. The third-order valence-electron chi connectivity index (χ3n) is 9.75. The summed E-state index contributed by atoms with van der Waals surface area (Å²) in [6.07, 6.45) is 42.3. The molecule has 0 aromatic heterocycles. The highest BCUT2D eigenvalue weighted by Gasteiger charge is 2.19. The van der Waals surface area contributed by atoms with Crippen molar-refractivity contribution >= 4 is 17.9 Å². The van der Waals surface area contributed by atoms with Gasteiger partial charge in [-0.2, -0.15) is 0 Å². The molecule has 0 aromatic carbocycles. The van der Waals surface area contributed by atoms with E-state index < -0.39 is 6.10 Å². The van der Waals surface area contributed by atoms with Gasteiger partial charge in [-0.1, -0.05) is 193 Å². The molecule has 51 heavy (non-hydrogen) atoms. The van der Waals surface area contributed by atoms with Gasteiger partial charge >= 0.3 is 17.9 Å². The van der Waals surface area contributed by atoms with E-state index in [-0.39, 0.29) is 31.1 Å². The average Bonchev–Trinajstić information content (AvgIpc) is 3.12. The standard InChI is InChI=1S/C45H84O6/c1-4-7-10-13-15-17-19-20-21-22-23-24-25-26-28-29-32-35-38-44(47)50-41-42(40-49-43(46)37-34-31-12-9-6-3)51-45(48)39-36-33-30-27-18-16-14-11-8-5-2/h11,14,42H,4-10,12-13,15-41H2,1-3H3/b14-11-. The fraction of sp³-hybridized carbons (Fsp3) is 0.889. The first kappa shape index (κ1) is 49.1. The summed E-state index contributed by atoms with van der Waals surface area (Å²) < 4.78 is 16.6. The van der Waals surface area contributed by atoms with E-state index in [9.17, 15) is 14.4 Å². The van der Waals surface area contributed by atoms with Crippen LogP contribution in [0.1, 0.15) is 239 Å². The first-order valence-electron chi connectivity index (χ1n) is 22.2. The Balaban J connectivity index is 4.12. The van der Waals surface area contributed by atoms with E-state index >= 15 is 0 Å². The predicted octanol–water partition coefficient (Wildman–Crippen LogP) is 13.9. The molecule has 6 heteroatoms. The van der Waals surface area contributed by atoms with Crippen molar-refractivity contribution in [2.24, 2.45) is 0 Å². The molecule has 0 N–H and O–H groups in total. The van der Waals surface area contributed by atoms with E-state index in [0.717, 1.165) is 83.5 Å². The van der Waals surface area contributed by atoms with Crippen LogP contribution in [0, 0.1) is 0 Å². The predicted molar refractivity (Wildman–Crippen MR) is 215 cm³/mol. The van der Waals surface area contributed by atoms with E-state index in [1.165, 1.54) is 116 Å². The quantitative estimate of drug-likeness (QED) is 0.0271.